The Morgan fingerprint density at radius 1 is 1.31 bits per heavy atom. The minimum absolute atomic E-state index is 0.282. The first-order chi connectivity index (χ1) is 12.0. The fourth-order valence-electron chi connectivity index (χ4n) is 2.95. The van der Waals surface area contributed by atoms with Crippen molar-refractivity contribution in [3.05, 3.63) is 0 Å². The fraction of sp³-hybridized carbons (Fsp3) is 0.941. The van der Waals surface area contributed by atoms with Crippen LogP contribution in [0.2, 0.25) is 0 Å². The lowest BCUT2D eigenvalue weighted by molar-refractivity contribution is 0.0532. The zero-order valence-electron chi connectivity index (χ0n) is 17.1. The van der Waals surface area contributed by atoms with Gasteiger partial charge in [-0.25, -0.2) is 13.1 Å². The van der Waals surface area contributed by atoms with Crippen LogP contribution in [-0.4, -0.2) is 83.1 Å². The van der Waals surface area contributed by atoms with Crippen LogP contribution in [-0.2, 0) is 14.8 Å². The zero-order valence-corrected chi connectivity index (χ0v) is 17.9. The molecule has 0 unspecified atom stereocenters. The Kier molecular flexibility index (Phi) is 9.29. The van der Waals surface area contributed by atoms with Gasteiger partial charge in [-0.1, -0.05) is 0 Å². The van der Waals surface area contributed by atoms with Crippen LogP contribution >= 0.6 is 0 Å². The summed E-state index contributed by atoms with van der Waals surface area (Å²) in [6.45, 7) is 12.1. The van der Waals surface area contributed by atoms with E-state index in [1.54, 1.807) is 7.05 Å². The molecule has 1 rings (SSSR count). The highest BCUT2D eigenvalue weighted by atomic mass is 32.2. The molecule has 26 heavy (non-hydrogen) atoms. The van der Waals surface area contributed by atoms with Crippen molar-refractivity contribution in [3.8, 4) is 0 Å². The molecule has 9 heteroatoms. The molecule has 3 N–H and O–H groups in total. The molecule has 1 aliphatic rings. The van der Waals surface area contributed by atoms with Crippen molar-refractivity contribution in [2.45, 2.75) is 58.2 Å². The number of hydrogen-bond donors (Lipinski definition) is 3. The van der Waals surface area contributed by atoms with E-state index in [4.69, 9.17) is 4.74 Å². The van der Waals surface area contributed by atoms with Gasteiger partial charge in [0.2, 0.25) is 10.0 Å². The van der Waals surface area contributed by atoms with Crippen molar-refractivity contribution in [3.63, 3.8) is 0 Å². The molecule has 0 bridgehead atoms. The second-order valence-electron chi connectivity index (χ2n) is 7.86. The number of guanidine groups is 1. The van der Waals surface area contributed by atoms with E-state index in [0.29, 0.717) is 18.5 Å². The summed E-state index contributed by atoms with van der Waals surface area (Å²) in [5.41, 5.74) is -0.592. The van der Waals surface area contributed by atoms with Crippen molar-refractivity contribution < 1.29 is 13.2 Å². The first kappa shape index (κ1) is 23.1. The molecule has 1 saturated heterocycles. The van der Waals surface area contributed by atoms with Crippen molar-refractivity contribution in [2.24, 2.45) is 4.99 Å². The van der Waals surface area contributed by atoms with Crippen LogP contribution < -0.4 is 15.4 Å². The molecule has 0 atom stereocenters. The Labute approximate surface area is 159 Å². The first-order valence-electron chi connectivity index (χ1n) is 9.31. The number of sulfonamides is 1. The van der Waals surface area contributed by atoms with Gasteiger partial charge in [0.1, 0.15) is 0 Å². The molecule has 8 nitrogen and oxygen atoms in total. The van der Waals surface area contributed by atoms with E-state index in [-0.39, 0.29) is 6.10 Å². The zero-order chi connectivity index (χ0) is 19.8. The molecule has 0 aromatic carbocycles. The van der Waals surface area contributed by atoms with Gasteiger partial charge >= 0.3 is 0 Å². The van der Waals surface area contributed by atoms with Crippen molar-refractivity contribution in [2.75, 3.05) is 46.1 Å². The molecule has 1 aliphatic heterocycles. The van der Waals surface area contributed by atoms with Gasteiger partial charge in [-0.05, 0) is 40.5 Å². The number of piperidine rings is 1. The molecular weight excluding hydrogens is 354 g/mol. The minimum Gasteiger partial charge on any atom is -0.377 e. The van der Waals surface area contributed by atoms with E-state index in [9.17, 15) is 8.42 Å². The maximum Gasteiger partial charge on any atom is 0.209 e. The Morgan fingerprint density at radius 2 is 1.92 bits per heavy atom. The summed E-state index contributed by atoms with van der Waals surface area (Å²) in [5, 5.41) is 6.66. The number of ether oxygens (including phenoxy) is 1. The van der Waals surface area contributed by atoms with Crippen molar-refractivity contribution in [1.82, 2.24) is 20.3 Å². The average Bonchev–Trinajstić information content (AvgIpc) is 2.50. The summed E-state index contributed by atoms with van der Waals surface area (Å²) in [7, 11) is -1.52. The molecule has 154 valence electrons. The van der Waals surface area contributed by atoms with Gasteiger partial charge in [-0.2, -0.15) is 0 Å². The first-order valence-corrected chi connectivity index (χ1v) is 11.2. The summed E-state index contributed by atoms with van der Waals surface area (Å²) in [4.78, 5) is 6.68. The van der Waals surface area contributed by atoms with Crippen LogP contribution in [0, 0.1) is 0 Å². The summed E-state index contributed by atoms with van der Waals surface area (Å²) in [6, 6.07) is 0.370. The molecule has 0 spiro atoms. The maximum atomic E-state index is 11.4. The lowest BCUT2D eigenvalue weighted by Gasteiger charge is -2.33. The predicted octanol–water partition coefficient (Wildman–Crippen LogP) is 0.369. The number of nitrogens with zero attached hydrogens (tertiary/aromatic N) is 2. The molecule has 1 fully saturated rings. The van der Waals surface area contributed by atoms with E-state index in [2.05, 4.69) is 39.1 Å². The van der Waals surface area contributed by atoms with Gasteiger partial charge in [-0.3, -0.25) is 4.99 Å². The summed E-state index contributed by atoms with van der Waals surface area (Å²) in [5.74, 6) is 0.704. The third-order valence-corrected chi connectivity index (χ3v) is 5.09. The molecule has 0 aromatic rings. The van der Waals surface area contributed by atoms with Crippen LogP contribution in [0.25, 0.3) is 0 Å². The average molecular weight is 392 g/mol. The maximum absolute atomic E-state index is 11.4. The van der Waals surface area contributed by atoms with Crippen LogP contribution in [0.5, 0.6) is 0 Å². The molecule has 0 aliphatic carbocycles. The fourth-order valence-corrected chi connectivity index (χ4v) is 4.03. The molecule has 0 amide bonds. The molecular formula is C17H37N5O3S. The third-order valence-electron chi connectivity index (χ3n) is 4.17. The number of likely N-dealkylation sites (tertiary alicyclic amines) is 1. The van der Waals surface area contributed by atoms with Gasteiger partial charge in [-0.15, -0.1) is 0 Å². The molecule has 1 heterocycles. The lowest BCUT2D eigenvalue weighted by Crippen LogP contribution is -2.55. The molecule has 0 saturated carbocycles. The Morgan fingerprint density at radius 3 is 2.42 bits per heavy atom. The van der Waals surface area contributed by atoms with Crippen LogP contribution in [0.3, 0.4) is 0 Å². The van der Waals surface area contributed by atoms with E-state index >= 15 is 0 Å². The second kappa shape index (κ2) is 10.4. The molecule has 0 aromatic heterocycles. The highest BCUT2D eigenvalue weighted by molar-refractivity contribution is 7.88. The number of hydrogen-bond acceptors (Lipinski definition) is 5. The standard InChI is InChI=1S/C17H37N5O3S/c1-14(2)25-12-11-22-9-7-15(8-10-22)20-16(18-5)19-13-17(3,4)21-26(6,23)24/h14-15,21H,7-13H2,1-6H3,(H2,18,19,20). The quantitative estimate of drug-likeness (QED) is 0.388. The normalized spacial score (nSPS) is 18.3. The summed E-state index contributed by atoms with van der Waals surface area (Å²) < 4.78 is 31.1. The van der Waals surface area contributed by atoms with Gasteiger partial charge in [0, 0.05) is 44.8 Å². The SMILES string of the molecule is CN=C(NCC(C)(C)NS(C)(=O)=O)NC1CCN(CCOC(C)C)CC1. The van der Waals surface area contributed by atoms with Gasteiger partial charge in [0.15, 0.2) is 5.96 Å². The van der Waals surface area contributed by atoms with E-state index in [1.165, 1.54) is 6.26 Å². The van der Waals surface area contributed by atoms with E-state index in [1.807, 2.05) is 13.8 Å². The largest absolute Gasteiger partial charge is 0.377 e. The Balaban J connectivity index is 2.34. The topological polar surface area (TPSA) is 95.1 Å². The summed E-state index contributed by atoms with van der Waals surface area (Å²) >= 11 is 0. The second-order valence-corrected chi connectivity index (χ2v) is 9.61. The Bertz CT molecular complexity index is 541. The van der Waals surface area contributed by atoms with Gasteiger partial charge in [0.25, 0.3) is 0 Å². The summed E-state index contributed by atoms with van der Waals surface area (Å²) in [6.07, 6.45) is 3.55. The third kappa shape index (κ3) is 10.3. The van der Waals surface area contributed by atoms with E-state index in [0.717, 1.165) is 39.1 Å². The number of nitrogens with one attached hydrogen (secondary N) is 3. The van der Waals surface area contributed by atoms with Gasteiger partial charge < -0.3 is 20.3 Å². The lowest BCUT2D eigenvalue weighted by atomic mass is 10.1. The smallest absolute Gasteiger partial charge is 0.209 e. The van der Waals surface area contributed by atoms with Crippen molar-refractivity contribution in [1.29, 1.82) is 0 Å². The number of aliphatic imine (C=N–C) groups is 1. The molecule has 0 radical (unpaired) electrons. The highest BCUT2D eigenvalue weighted by Crippen LogP contribution is 2.10. The van der Waals surface area contributed by atoms with Crippen LogP contribution in [0.1, 0.15) is 40.5 Å². The van der Waals surface area contributed by atoms with Crippen LogP contribution in [0.15, 0.2) is 4.99 Å². The highest BCUT2D eigenvalue weighted by Gasteiger charge is 2.24. The monoisotopic (exact) mass is 391 g/mol. The van der Waals surface area contributed by atoms with Crippen molar-refractivity contribution >= 4 is 16.0 Å². The Hall–Kier alpha value is -0.900. The van der Waals surface area contributed by atoms with Gasteiger partial charge in [0.05, 0.1) is 19.0 Å². The predicted molar refractivity (Wildman–Crippen MR) is 107 cm³/mol. The number of rotatable bonds is 9. The van der Waals surface area contributed by atoms with E-state index < -0.39 is 15.6 Å². The van der Waals surface area contributed by atoms with Crippen LogP contribution in [0.4, 0.5) is 0 Å². The minimum atomic E-state index is -3.25.